The minimum atomic E-state index is -1.05. The molecule has 0 spiro atoms. The molecule has 11 nitrogen and oxygen atoms in total. The van der Waals surface area contributed by atoms with Crippen LogP contribution in [0, 0.1) is 10.1 Å². The first-order valence-electron chi connectivity index (χ1n) is 15.0. The number of ether oxygens (including phenoxy) is 3. The van der Waals surface area contributed by atoms with Crippen LogP contribution in [0.5, 0.6) is 11.5 Å². The Morgan fingerprint density at radius 2 is 1.86 bits per heavy atom. The van der Waals surface area contributed by atoms with Crippen LogP contribution in [0.4, 0.5) is 5.69 Å². The van der Waals surface area contributed by atoms with E-state index in [0.29, 0.717) is 42.1 Å². The van der Waals surface area contributed by atoms with Gasteiger partial charge in [-0.1, -0.05) is 58.3 Å². The molecule has 0 unspecified atom stereocenters. The zero-order valence-corrected chi connectivity index (χ0v) is 29.7. The van der Waals surface area contributed by atoms with E-state index in [1.165, 1.54) is 29.9 Å². The molecule has 0 fully saturated rings. The fourth-order valence-electron chi connectivity index (χ4n) is 5.36. The Morgan fingerprint density at radius 1 is 1.06 bits per heavy atom. The van der Waals surface area contributed by atoms with Crippen molar-refractivity contribution in [1.29, 1.82) is 0 Å². The molecule has 2 aromatic heterocycles. The van der Waals surface area contributed by atoms with E-state index in [9.17, 15) is 19.7 Å². The van der Waals surface area contributed by atoms with E-state index in [0.717, 1.165) is 16.9 Å². The first kappa shape index (κ1) is 35.0. The van der Waals surface area contributed by atoms with Crippen molar-refractivity contribution in [3.63, 3.8) is 0 Å². The number of carbonyl (C=O) groups excluding carboxylic acids is 1. The lowest BCUT2D eigenvalue weighted by atomic mass is 10.0. The molecular weight excluding hydrogens is 729 g/mol. The summed E-state index contributed by atoms with van der Waals surface area (Å²) in [6, 6.07) is 16.4. The summed E-state index contributed by atoms with van der Waals surface area (Å²) < 4.78 is 24.8. The highest BCUT2D eigenvalue weighted by atomic mass is 35.5. The zero-order valence-electron chi connectivity index (χ0n) is 26.6. The number of hydrogen-bond donors (Lipinski definition) is 0. The fourth-order valence-corrected chi connectivity index (χ4v) is 7.08. The van der Waals surface area contributed by atoms with Gasteiger partial charge in [0.15, 0.2) is 16.3 Å². The van der Waals surface area contributed by atoms with Gasteiger partial charge in [-0.2, -0.15) is 0 Å². The lowest BCUT2D eigenvalue weighted by Crippen LogP contribution is -2.39. The number of nitro groups is 1. The third kappa shape index (κ3) is 6.92. The van der Waals surface area contributed by atoms with E-state index in [2.05, 4.69) is 4.99 Å². The second kappa shape index (κ2) is 14.5. The molecule has 0 radical (unpaired) electrons. The average Bonchev–Trinajstić information content (AvgIpc) is 3.68. The van der Waals surface area contributed by atoms with E-state index in [-0.39, 0.29) is 46.6 Å². The van der Waals surface area contributed by atoms with Crippen molar-refractivity contribution >= 4 is 63.9 Å². The SMILES string of the molecule is CCOC(=O)C1=C(C)N=c2s/c(=C\c3ccc(OCc4ccc(Cl)cc4Cl)c(OC)c3)c(=O)n2[C@H]1c1ccc(-c2cc([N+](=O)[O-])ccc2Cl)o1. The van der Waals surface area contributed by atoms with Crippen LogP contribution in [0.2, 0.25) is 15.1 Å². The summed E-state index contributed by atoms with van der Waals surface area (Å²) in [5, 5.41) is 12.6. The van der Waals surface area contributed by atoms with Crippen LogP contribution in [-0.2, 0) is 16.1 Å². The van der Waals surface area contributed by atoms with Gasteiger partial charge in [0.2, 0.25) is 0 Å². The Balaban J connectivity index is 1.40. The molecule has 0 amide bonds. The van der Waals surface area contributed by atoms with Crippen LogP contribution in [-0.4, -0.2) is 29.2 Å². The molecule has 0 saturated carbocycles. The molecule has 1 aliphatic rings. The number of thiazole rings is 1. The Bertz CT molecular complexity index is 2380. The van der Waals surface area contributed by atoms with Crippen molar-refractivity contribution in [1.82, 2.24) is 4.57 Å². The van der Waals surface area contributed by atoms with Crippen molar-refractivity contribution in [3.8, 4) is 22.8 Å². The molecule has 0 aliphatic carbocycles. The third-order valence-corrected chi connectivity index (χ3v) is 9.62. The number of rotatable bonds is 10. The summed E-state index contributed by atoms with van der Waals surface area (Å²) in [5.74, 6) is 0.639. The number of carbonyl (C=O) groups is 1. The average molecular weight is 755 g/mol. The maximum atomic E-state index is 14.1. The quantitative estimate of drug-likeness (QED) is 0.0812. The number of benzene rings is 3. The second-order valence-corrected chi connectivity index (χ2v) is 13.1. The van der Waals surface area contributed by atoms with Crippen molar-refractivity contribution in [2.45, 2.75) is 26.5 Å². The van der Waals surface area contributed by atoms with Crippen molar-refractivity contribution in [2.24, 2.45) is 4.99 Å². The Labute approximate surface area is 303 Å². The molecule has 3 aromatic carbocycles. The van der Waals surface area contributed by atoms with E-state index in [4.69, 9.17) is 53.4 Å². The predicted molar refractivity (Wildman–Crippen MR) is 190 cm³/mol. The summed E-state index contributed by atoms with van der Waals surface area (Å²) in [7, 11) is 1.51. The number of nitro benzene ring substituents is 1. The smallest absolute Gasteiger partial charge is 0.338 e. The number of esters is 1. The van der Waals surface area contributed by atoms with Crippen LogP contribution in [0.3, 0.4) is 0 Å². The number of allylic oxidation sites excluding steroid dienone is 1. The predicted octanol–water partition coefficient (Wildman–Crippen LogP) is 7.51. The van der Waals surface area contributed by atoms with Crippen LogP contribution >= 0.6 is 46.1 Å². The summed E-state index contributed by atoms with van der Waals surface area (Å²) in [6.45, 7) is 3.59. The van der Waals surface area contributed by atoms with Crippen LogP contribution in [0.15, 0.2) is 92.2 Å². The number of halogens is 3. The summed E-state index contributed by atoms with van der Waals surface area (Å²) in [5.41, 5.74) is 1.50. The topological polar surface area (TPSA) is 135 Å². The van der Waals surface area contributed by atoms with Crippen molar-refractivity contribution in [2.75, 3.05) is 13.7 Å². The van der Waals surface area contributed by atoms with Gasteiger partial charge in [-0.05, 0) is 68.0 Å². The van der Waals surface area contributed by atoms with E-state index >= 15 is 0 Å². The standard InChI is InChI=1S/C35H26Cl3N3O8S/c1-4-47-34(43)31-18(2)39-35-40(32(31)28-12-11-26(49-28)23-16-22(41(44)45)8-9-24(23)37)33(42)30(50-35)14-19-5-10-27(29(13-19)46-3)48-17-20-6-7-21(36)15-25(20)38/h5-16,32H,4,17H2,1-3H3/b30-14-/t32-/m0/s1. The first-order valence-corrected chi connectivity index (χ1v) is 16.9. The van der Waals surface area contributed by atoms with Crippen LogP contribution in [0.25, 0.3) is 17.4 Å². The number of furan rings is 1. The van der Waals surface area contributed by atoms with Gasteiger partial charge in [-0.3, -0.25) is 19.5 Å². The molecular formula is C35H26Cl3N3O8S. The van der Waals surface area contributed by atoms with Crippen molar-refractivity contribution < 1.29 is 28.3 Å². The van der Waals surface area contributed by atoms with Crippen LogP contribution < -0.4 is 24.4 Å². The van der Waals surface area contributed by atoms with Gasteiger partial charge in [-0.25, -0.2) is 9.79 Å². The highest BCUT2D eigenvalue weighted by molar-refractivity contribution is 7.07. The molecule has 3 heterocycles. The number of nitrogens with zero attached hydrogens (tertiary/aromatic N) is 3. The monoisotopic (exact) mass is 753 g/mol. The number of fused-ring (bicyclic) bond motifs is 1. The Hall–Kier alpha value is -4.88. The molecule has 0 N–H and O–H groups in total. The highest BCUT2D eigenvalue weighted by Crippen LogP contribution is 2.37. The summed E-state index contributed by atoms with van der Waals surface area (Å²) in [4.78, 5) is 43.2. The molecule has 1 aliphatic heterocycles. The second-order valence-electron chi connectivity index (χ2n) is 10.9. The Kier molecular flexibility index (Phi) is 10.2. The van der Waals surface area contributed by atoms with Gasteiger partial charge >= 0.3 is 5.97 Å². The fraction of sp³-hybridized carbons (Fsp3) is 0.171. The molecule has 6 rings (SSSR count). The molecule has 0 bridgehead atoms. The summed E-state index contributed by atoms with van der Waals surface area (Å²) >= 11 is 19.8. The first-order chi connectivity index (χ1) is 24.0. The van der Waals surface area contributed by atoms with Crippen molar-refractivity contribution in [3.05, 3.63) is 140 Å². The number of aromatic nitrogens is 1. The zero-order chi connectivity index (χ0) is 35.7. The van der Waals surface area contributed by atoms with Gasteiger partial charge in [0, 0.05) is 33.3 Å². The largest absolute Gasteiger partial charge is 0.493 e. The van der Waals surface area contributed by atoms with E-state index < -0.39 is 22.5 Å². The maximum absolute atomic E-state index is 14.1. The molecule has 1 atom stereocenters. The Morgan fingerprint density at radius 3 is 2.58 bits per heavy atom. The van der Waals surface area contributed by atoms with Gasteiger partial charge < -0.3 is 18.6 Å². The molecule has 50 heavy (non-hydrogen) atoms. The van der Waals surface area contributed by atoms with Gasteiger partial charge in [-0.15, -0.1) is 0 Å². The van der Waals surface area contributed by atoms with Gasteiger partial charge in [0.05, 0.1) is 39.5 Å². The number of non-ortho nitro benzene ring substituents is 1. The molecule has 15 heteroatoms. The number of hydrogen-bond acceptors (Lipinski definition) is 10. The normalized spacial score (nSPS) is 14.3. The lowest BCUT2D eigenvalue weighted by Gasteiger charge is -2.22. The molecule has 256 valence electrons. The minimum absolute atomic E-state index is 0.0910. The van der Waals surface area contributed by atoms with E-state index in [1.807, 2.05) is 0 Å². The van der Waals surface area contributed by atoms with E-state index in [1.54, 1.807) is 68.5 Å². The minimum Gasteiger partial charge on any atom is -0.493 e. The van der Waals surface area contributed by atoms with Crippen LogP contribution in [0.1, 0.15) is 36.8 Å². The highest BCUT2D eigenvalue weighted by Gasteiger charge is 2.35. The molecule has 5 aromatic rings. The lowest BCUT2D eigenvalue weighted by molar-refractivity contribution is -0.384. The maximum Gasteiger partial charge on any atom is 0.338 e. The summed E-state index contributed by atoms with van der Waals surface area (Å²) in [6.07, 6.45) is 1.68. The van der Waals surface area contributed by atoms with Gasteiger partial charge in [0.1, 0.15) is 24.2 Å². The third-order valence-electron chi connectivity index (χ3n) is 7.72. The number of methoxy groups -OCH3 is 1. The van der Waals surface area contributed by atoms with Gasteiger partial charge in [0.25, 0.3) is 11.2 Å². The molecule has 0 saturated heterocycles.